The molecule has 100 valence electrons. The van der Waals surface area contributed by atoms with E-state index in [1.165, 1.54) is 6.07 Å². The van der Waals surface area contributed by atoms with E-state index in [0.717, 1.165) is 0 Å². The molecule has 2 N–H and O–H groups in total. The van der Waals surface area contributed by atoms with Crippen molar-refractivity contribution in [2.45, 2.75) is 13.2 Å². The van der Waals surface area contributed by atoms with Crippen LogP contribution in [0.25, 0.3) is 0 Å². The predicted octanol–water partition coefficient (Wildman–Crippen LogP) is 4.17. The molecule has 2 nitrogen and oxygen atoms in total. The molecular weight excluding hydrogens is 288 g/mol. The van der Waals surface area contributed by atoms with Crippen molar-refractivity contribution in [3.63, 3.8) is 0 Å². The number of ether oxygens (including phenoxy) is 1. The normalized spacial score (nSPS) is 10.5. The van der Waals surface area contributed by atoms with E-state index in [4.69, 9.17) is 33.7 Å². The molecule has 2 aromatic rings. The van der Waals surface area contributed by atoms with Gasteiger partial charge in [-0.1, -0.05) is 41.4 Å². The number of benzene rings is 2. The zero-order chi connectivity index (χ0) is 13.8. The Labute approximate surface area is 120 Å². The first-order valence-electron chi connectivity index (χ1n) is 5.66. The summed E-state index contributed by atoms with van der Waals surface area (Å²) in [6.07, 6.45) is 0. The first-order valence-corrected chi connectivity index (χ1v) is 6.42. The Morgan fingerprint density at radius 2 is 1.68 bits per heavy atom. The summed E-state index contributed by atoms with van der Waals surface area (Å²) in [6.45, 7) is 0.287. The summed E-state index contributed by atoms with van der Waals surface area (Å²) >= 11 is 12.1. The quantitative estimate of drug-likeness (QED) is 0.919. The fraction of sp³-hybridized carbons (Fsp3) is 0.143. The minimum atomic E-state index is -0.453. The average Bonchev–Trinajstić information content (AvgIpc) is 2.39. The molecular formula is C14H12Cl2FNO. The molecule has 2 rings (SSSR count). The molecule has 0 saturated carbocycles. The molecule has 2 aromatic carbocycles. The van der Waals surface area contributed by atoms with Gasteiger partial charge in [0.1, 0.15) is 6.61 Å². The highest BCUT2D eigenvalue weighted by Crippen LogP contribution is 2.28. The summed E-state index contributed by atoms with van der Waals surface area (Å²) in [5.74, 6) is -0.313. The van der Waals surface area contributed by atoms with Gasteiger partial charge >= 0.3 is 0 Å². The van der Waals surface area contributed by atoms with E-state index in [0.29, 0.717) is 21.2 Å². The maximum atomic E-state index is 13.7. The molecule has 0 radical (unpaired) electrons. The van der Waals surface area contributed by atoms with E-state index in [1.54, 1.807) is 30.3 Å². The van der Waals surface area contributed by atoms with Crippen LogP contribution in [0.3, 0.4) is 0 Å². The highest BCUT2D eigenvalue weighted by Gasteiger charge is 2.11. The van der Waals surface area contributed by atoms with Gasteiger partial charge in [0.2, 0.25) is 0 Å². The van der Waals surface area contributed by atoms with Gasteiger partial charge in [-0.25, -0.2) is 4.39 Å². The molecule has 0 aliphatic rings. The molecule has 0 spiro atoms. The van der Waals surface area contributed by atoms with Gasteiger partial charge < -0.3 is 10.5 Å². The molecule has 0 aliphatic carbocycles. The average molecular weight is 300 g/mol. The van der Waals surface area contributed by atoms with Gasteiger partial charge in [0.05, 0.1) is 0 Å². The van der Waals surface area contributed by atoms with Crippen LogP contribution in [0.15, 0.2) is 36.4 Å². The third kappa shape index (κ3) is 3.18. The molecule has 5 heteroatoms. The molecule has 0 saturated heterocycles. The van der Waals surface area contributed by atoms with Crippen molar-refractivity contribution in [2.75, 3.05) is 0 Å². The van der Waals surface area contributed by atoms with E-state index >= 15 is 0 Å². The van der Waals surface area contributed by atoms with Gasteiger partial charge in [-0.15, -0.1) is 0 Å². The van der Waals surface area contributed by atoms with Gasteiger partial charge in [0.25, 0.3) is 0 Å². The monoisotopic (exact) mass is 299 g/mol. The third-order valence-corrected chi connectivity index (χ3v) is 3.40. The van der Waals surface area contributed by atoms with Crippen molar-refractivity contribution in [3.8, 4) is 5.75 Å². The van der Waals surface area contributed by atoms with Crippen LogP contribution in [0, 0.1) is 5.82 Å². The van der Waals surface area contributed by atoms with E-state index in [1.807, 2.05) is 0 Å². The lowest BCUT2D eigenvalue weighted by Crippen LogP contribution is -2.05. The topological polar surface area (TPSA) is 35.2 Å². The fourth-order valence-electron chi connectivity index (χ4n) is 1.69. The fourth-order valence-corrected chi connectivity index (χ4v) is 2.20. The van der Waals surface area contributed by atoms with Crippen molar-refractivity contribution in [2.24, 2.45) is 5.73 Å². The van der Waals surface area contributed by atoms with Crippen molar-refractivity contribution < 1.29 is 9.13 Å². The number of halogens is 3. The summed E-state index contributed by atoms with van der Waals surface area (Å²) in [5, 5.41) is 0.969. The zero-order valence-corrected chi connectivity index (χ0v) is 11.5. The largest absolute Gasteiger partial charge is 0.485 e. The summed E-state index contributed by atoms with van der Waals surface area (Å²) in [6, 6.07) is 9.78. The van der Waals surface area contributed by atoms with Crippen LogP contribution in [0.5, 0.6) is 5.75 Å². The standard InChI is InChI=1S/C14H12Cl2FNO/c15-11-4-2-5-12(16)10(11)8-19-14-9(7-18)3-1-6-13(14)17/h1-6H,7-8,18H2. The highest BCUT2D eigenvalue weighted by atomic mass is 35.5. The second-order valence-electron chi connectivity index (χ2n) is 3.92. The molecule has 0 amide bonds. The second kappa shape index (κ2) is 6.24. The van der Waals surface area contributed by atoms with Crippen molar-refractivity contribution >= 4 is 23.2 Å². The first-order chi connectivity index (χ1) is 9.13. The molecule has 0 unspecified atom stereocenters. The Balaban J connectivity index is 2.24. The molecule has 0 bridgehead atoms. The zero-order valence-electron chi connectivity index (χ0n) is 10.00. The van der Waals surface area contributed by atoms with Gasteiger partial charge in [-0.05, 0) is 18.2 Å². The molecule has 0 heterocycles. The van der Waals surface area contributed by atoms with Crippen LogP contribution < -0.4 is 10.5 Å². The third-order valence-electron chi connectivity index (χ3n) is 2.69. The van der Waals surface area contributed by atoms with Crippen LogP contribution in [0.1, 0.15) is 11.1 Å². The van der Waals surface area contributed by atoms with Gasteiger partial charge in [0.15, 0.2) is 11.6 Å². The number of rotatable bonds is 4. The second-order valence-corrected chi connectivity index (χ2v) is 4.74. The Morgan fingerprint density at radius 1 is 1.05 bits per heavy atom. The Kier molecular flexibility index (Phi) is 4.64. The Morgan fingerprint density at radius 3 is 2.32 bits per heavy atom. The van der Waals surface area contributed by atoms with Crippen LogP contribution in [-0.4, -0.2) is 0 Å². The number of nitrogens with two attached hydrogens (primary N) is 1. The highest BCUT2D eigenvalue weighted by molar-refractivity contribution is 6.35. The van der Waals surface area contributed by atoms with Crippen LogP contribution in [-0.2, 0) is 13.2 Å². The van der Waals surface area contributed by atoms with E-state index < -0.39 is 5.82 Å². The van der Waals surface area contributed by atoms with E-state index in [9.17, 15) is 4.39 Å². The van der Waals surface area contributed by atoms with E-state index in [2.05, 4.69) is 0 Å². The summed E-state index contributed by atoms with van der Waals surface area (Å²) in [7, 11) is 0. The molecule has 0 aliphatic heterocycles. The maximum Gasteiger partial charge on any atom is 0.165 e. The summed E-state index contributed by atoms with van der Waals surface area (Å²) in [4.78, 5) is 0. The summed E-state index contributed by atoms with van der Waals surface area (Å²) < 4.78 is 19.2. The lowest BCUT2D eigenvalue weighted by Gasteiger charge is -2.13. The van der Waals surface area contributed by atoms with Gasteiger partial charge in [-0.2, -0.15) is 0 Å². The maximum absolute atomic E-state index is 13.7. The van der Waals surface area contributed by atoms with Crippen molar-refractivity contribution in [1.82, 2.24) is 0 Å². The smallest absolute Gasteiger partial charge is 0.165 e. The lowest BCUT2D eigenvalue weighted by molar-refractivity contribution is 0.287. The minimum Gasteiger partial charge on any atom is -0.485 e. The molecule has 0 atom stereocenters. The minimum absolute atomic E-state index is 0.0897. The number of hydrogen-bond acceptors (Lipinski definition) is 2. The SMILES string of the molecule is NCc1cccc(F)c1OCc1c(Cl)cccc1Cl. The Bertz CT molecular complexity index is 569. The van der Waals surface area contributed by atoms with Crippen LogP contribution in [0.2, 0.25) is 10.0 Å². The Hall–Kier alpha value is -1.29. The lowest BCUT2D eigenvalue weighted by atomic mass is 10.2. The van der Waals surface area contributed by atoms with Gasteiger partial charge in [-0.3, -0.25) is 0 Å². The predicted molar refractivity (Wildman–Crippen MR) is 75.1 cm³/mol. The van der Waals surface area contributed by atoms with Gasteiger partial charge in [0, 0.05) is 27.7 Å². The van der Waals surface area contributed by atoms with Crippen LogP contribution >= 0.6 is 23.2 Å². The van der Waals surface area contributed by atoms with Crippen molar-refractivity contribution in [3.05, 3.63) is 63.4 Å². The summed E-state index contributed by atoms with van der Waals surface area (Å²) in [5.41, 5.74) is 6.77. The molecule has 19 heavy (non-hydrogen) atoms. The van der Waals surface area contributed by atoms with E-state index in [-0.39, 0.29) is 18.9 Å². The molecule has 0 fully saturated rings. The van der Waals surface area contributed by atoms with Crippen LogP contribution in [0.4, 0.5) is 4.39 Å². The number of para-hydroxylation sites is 1. The number of hydrogen-bond donors (Lipinski definition) is 1. The first kappa shape index (κ1) is 14.1. The molecule has 0 aromatic heterocycles. The van der Waals surface area contributed by atoms with Crippen molar-refractivity contribution in [1.29, 1.82) is 0 Å².